The van der Waals surface area contributed by atoms with Gasteiger partial charge in [0.15, 0.2) is 0 Å². The Morgan fingerprint density at radius 1 is 1.06 bits per heavy atom. The molecule has 1 fully saturated rings. The Bertz CT molecular complexity index is 1130. The molecule has 0 aliphatic heterocycles. The minimum atomic E-state index is -2.74. The number of anilines is 1. The molecule has 2 atom stereocenters. The molecule has 0 radical (unpaired) electrons. The highest BCUT2D eigenvalue weighted by Crippen LogP contribution is 2.39. The topological polar surface area (TPSA) is 92.3 Å². The quantitative estimate of drug-likeness (QED) is 0.597. The van der Waals surface area contributed by atoms with E-state index in [1.807, 2.05) is 24.3 Å². The first-order valence-electron chi connectivity index (χ1n) is 10.9. The van der Waals surface area contributed by atoms with Crippen LogP contribution in [-0.2, 0) is 9.84 Å². The van der Waals surface area contributed by atoms with E-state index >= 15 is 0 Å². The summed E-state index contributed by atoms with van der Waals surface area (Å²) in [5.41, 5.74) is 2.85. The van der Waals surface area contributed by atoms with Gasteiger partial charge in [0.05, 0.1) is 5.25 Å². The van der Waals surface area contributed by atoms with E-state index in [1.54, 1.807) is 45.2 Å². The molecule has 1 aliphatic rings. The van der Waals surface area contributed by atoms with Gasteiger partial charge in [0.25, 0.3) is 11.8 Å². The summed E-state index contributed by atoms with van der Waals surface area (Å²) in [5, 5.41) is 5.20. The van der Waals surface area contributed by atoms with Crippen molar-refractivity contribution in [2.24, 2.45) is 5.92 Å². The standard InChI is InChI=1S/C22H22N2O2.C4H10O2S.3H2/c1-3-15-6-5-9-20(15)16-10-12-19(13-11-16)24-22(26)18-8-4-7-17(14-18)21(25)23-2;1-4(2)7(3,5)6;;;/h1,4,7-8,10-15,20H,5-6,9H2,2H3,(H,23,25)(H,24,26);4H,1-3H3;3*1H/t15-,20+;;;;/m1..../s1. The Morgan fingerprint density at radius 2 is 1.64 bits per heavy atom. The van der Waals surface area contributed by atoms with Crippen LogP contribution in [0, 0.1) is 18.3 Å². The van der Waals surface area contributed by atoms with Crippen molar-refractivity contribution in [2.75, 3.05) is 18.6 Å². The van der Waals surface area contributed by atoms with Crippen molar-refractivity contribution in [1.82, 2.24) is 5.32 Å². The number of nitrogens with one attached hydrogen (secondary N) is 2. The average Bonchev–Trinajstić information content (AvgIpc) is 3.28. The summed E-state index contributed by atoms with van der Waals surface area (Å²) in [6.45, 7) is 3.32. The molecule has 0 heterocycles. The molecule has 2 aromatic carbocycles. The number of hydrogen-bond acceptors (Lipinski definition) is 4. The number of amides is 2. The molecule has 33 heavy (non-hydrogen) atoms. The third kappa shape index (κ3) is 7.47. The molecule has 6 nitrogen and oxygen atoms in total. The van der Waals surface area contributed by atoms with Crippen LogP contribution in [0.2, 0.25) is 0 Å². The second-order valence-corrected chi connectivity index (χ2v) is 11.0. The van der Waals surface area contributed by atoms with Gasteiger partial charge in [-0.1, -0.05) is 24.6 Å². The van der Waals surface area contributed by atoms with Crippen LogP contribution in [0.4, 0.5) is 5.69 Å². The molecule has 2 aromatic rings. The fourth-order valence-electron chi connectivity index (χ4n) is 3.52. The fraction of sp³-hybridized carbons (Fsp3) is 0.385. The van der Waals surface area contributed by atoms with Crippen LogP contribution in [0.25, 0.3) is 0 Å². The Hall–Kier alpha value is -3.11. The van der Waals surface area contributed by atoms with Crippen molar-refractivity contribution in [2.45, 2.75) is 44.3 Å². The van der Waals surface area contributed by atoms with Crippen LogP contribution in [0.1, 0.15) is 69.6 Å². The monoisotopic (exact) mass is 474 g/mol. The second kappa shape index (κ2) is 11.7. The van der Waals surface area contributed by atoms with Crippen molar-refractivity contribution in [3.05, 3.63) is 65.2 Å². The van der Waals surface area contributed by atoms with Gasteiger partial charge >= 0.3 is 0 Å². The summed E-state index contributed by atoms with van der Waals surface area (Å²) in [6.07, 6.45) is 10.2. The van der Waals surface area contributed by atoms with Gasteiger partial charge in [-0.3, -0.25) is 9.59 Å². The van der Waals surface area contributed by atoms with Crippen molar-refractivity contribution in [3.8, 4) is 12.3 Å². The minimum Gasteiger partial charge on any atom is -0.355 e. The fourth-order valence-corrected chi connectivity index (χ4v) is 3.52. The van der Waals surface area contributed by atoms with Crippen molar-refractivity contribution >= 4 is 27.3 Å². The molecule has 2 amide bonds. The Morgan fingerprint density at radius 3 is 2.15 bits per heavy atom. The number of sulfone groups is 1. The van der Waals surface area contributed by atoms with E-state index in [2.05, 4.69) is 16.6 Å². The SMILES string of the molecule is C#C[C@@H]1CCC[C@@H]1c1ccc(NC(=O)c2cccc(C(=O)NC)c2)cc1.CC(C)S(C)(=O)=O.[HH].[HH].[HH]. The smallest absolute Gasteiger partial charge is 0.255 e. The van der Waals surface area contributed by atoms with Crippen LogP contribution in [-0.4, -0.2) is 38.8 Å². The first-order chi connectivity index (χ1) is 15.6. The first-order valence-corrected chi connectivity index (χ1v) is 12.9. The molecule has 1 aliphatic carbocycles. The number of benzene rings is 2. The lowest BCUT2D eigenvalue weighted by Gasteiger charge is -2.15. The molecule has 2 N–H and O–H groups in total. The summed E-state index contributed by atoms with van der Waals surface area (Å²) in [5.74, 6) is 3.15. The summed E-state index contributed by atoms with van der Waals surface area (Å²) >= 11 is 0. The highest BCUT2D eigenvalue weighted by Gasteiger charge is 2.26. The summed E-state index contributed by atoms with van der Waals surface area (Å²) < 4.78 is 20.7. The first kappa shape index (κ1) is 26.1. The molecule has 0 unspecified atom stereocenters. The molecule has 0 bridgehead atoms. The highest BCUT2D eigenvalue weighted by molar-refractivity contribution is 7.91. The molecule has 0 spiro atoms. The van der Waals surface area contributed by atoms with Crippen molar-refractivity contribution in [1.29, 1.82) is 0 Å². The van der Waals surface area contributed by atoms with Gasteiger partial charge in [-0.25, -0.2) is 8.42 Å². The number of carbonyl (C=O) groups excluding carboxylic acids is 2. The predicted octanol–water partition coefficient (Wildman–Crippen LogP) is 4.99. The van der Waals surface area contributed by atoms with E-state index in [0.29, 0.717) is 23.0 Å². The third-order valence-corrected chi connectivity index (χ3v) is 7.51. The zero-order chi connectivity index (χ0) is 24.6. The van der Waals surface area contributed by atoms with E-state index < -0.39 is 9.84 Å². The van der Waals surface area contributed by atoms with Gasteiger partial charge in [-0.05, 0) is 68.5 Å². The maximum absolute atomic E-state index is 12.4. The lowest BCUT2D eigenvalue weighted by molar-refractivity contribution is 0.0963. The zero-order valence-corrected chi connectivity index (χ0v) is 20.4. The summed E-state index contributed by atoms with van der Waals surface area (Å²) in [6, 6.07) is 14.5. The molecule has 1 saturated carbocycles. The van der Waals surface area contributed by atoms with Gasteiger partial charge in [0.2, 0.25) is 0 Å². The van der Waals surface area contributed by atoms with Crippen molar-refractivity contribution in [3.63, 3.8) is 0 Å². The molecule has 182 valence electrons. The van der Waals surface area contributed by atoms with Crippen molar-refractivity contribution < 1.29 is 22.3 Å². The number of terminal acetylenes is 1. The van der Waals surface area contributed by atoms with Crippen LogP contribution < -0.4 is 10.6 Å². The second-order valence-electron chi connectivity index (χ2n) is 8.42. The molecule has 3 rings (SSSR count). The van der Waals surface area contributed by atoms with E-state index in [4.69, 9.17) is 6.42 Å². The molecule has 0 aromatic heterocycles. The zero-order valence-electron chi connectivity index (χ0n) is 19.6. The Labute approximate surface area is 201 Å². The number of rotatable bonds is 5. The number of carbonyl (C=O) groups is 2. The van der Waals surface area contributed by atoms with Crippen LogP contribution in [0.5, 0.6) is 0 Å². The molecule has 7 heteroatoms. The Kier molecular flexibility index (Phi) is 9.24. The van der Waals surface area contributed by atoms with Gasteiger partial charge in [-0.15, -0.1) is 12.3 Å². The predicted molar refractivity (Wildman–Crippen MR) is 139 cm³/mol. The maximum atomic E-state index is 12.4. The highest BCUT2D eigenvalue weighted by atomic mass is 32.2. The van der Waals surface area contributed by atoms with Gasteiger partial charge in [-0.2, -0.15) is 0 Å². The van der Waals surface area contributed by atoms with Gasteiger partial charge in [0, 0.05) is 40.3 Å². The molecular formula is C26H38N2O4S. The third-order valence-electron chi connectivity index (χ3n) is 5.80. The van der Waals surface area contributed by atoms with E-state index in [-0.39, 0.29) is 21.3 Å². The summed E-state index contributed by atoms with van der Waals surface area (Å²) in [7, 11) is -1.18. The van der Waals surface area contributed by atoms with Crippen LogP contribution >= 0.6 is 0 Å². The lowest BCUT2D eigenvalue weighted by Crippen LogP contribution is -2.19. The molecule has 0 saturated heterocycles. The average molecular weight is 475 g/mol. The lowest BCUT2D eigenvalue weighted by atomic mass is 9.89. The normalized spacial score (nSPS) is 17.5. The number of hydrogen-bond donors (Lipinski definition) is 2. The minimum absolute atomic E-state index is 0. The van der Waals surface area contributed by atoms with E-state index in [0.717, 1.165) is 18.5 Å². The molecular weight excluding hydrogens is 436 g/mol. The van der Waals surface area contributed by atoms with E-state index in [1.165, 1.54) is 18.2 Å². The van der Waals surface area contributed by atoms with E-state index in [9.17, 15) is 18.0 Å². The largest absolute Gasteiger partial charge is 0.355 e. The Balaban J connectivity index is 0. The maximum Gasteiger partial charge on any atom is 0.255 e. The summed E-state index contributed by atoms with van der Waals surface area (Å²) in [4.78, 5) is 24.2. The van der Waals surface area contributed by atoms with Crippen LogP contribution in [0.3, 0.4) is 0 Å². The van der Waals surface area contributed by atoms with Crippen LogP contribution in [0.15, 0.2) is 48.5 Å². The van der Waals surface area contributed by atoms with Gasteiger partial charge in [0.1, 0.15) is 9.84 Å². The van der Waals surface area contributed by atoms with Gasteiger partial charge < -0.3 is 10.6 Å².